The molecule has 0 saturated carbocycles. The zero-order chi connectivity index (χ0) is 20.1. The SMILES string of the molecule is CCn1cc(C(=O)NCCc2ccc(OC)c(OC)c2)c(=O)c2ccccc21. The molecule has 0 aliphatic heterocycles. The predicted octanol–water partition coefficient (Wildman–Crippen LogP) is 3.01. The van der Waals surface area contributed by atoms with E-state index in [-0.39, 0.29) is 16.9 Å². The molecule has 3 rings (SSSR count). The van der Waals surface area contributed by atoms with Crippen LogP contribution in [0.25, 0.3) is 10.9 Å². The first-order chi connectivity index (χ1) is 13.6. The van der Waals surface area contributed by atoms with Crippen LogP contribution in [0.1, 0.15) is 22.8 Å². The van der Waals surface area contributed by atoms with Crippen molar-refractivity contribution >= 4 is 16.8 Å². The molecule has 28 heavy (non-hydrogen) atoms. The fourth-order valence-electron chi connectivity index (χ4n) is 3.22. The van der Waals surface area contributed by atoms with Gasteiger partial charge in [0.15, 0.2) is 11.5 Å². The molecule has 3 aromatic rings. The van der Waals surface area contributed by atoms with Crippen molar-refractivity contribution in [3.63, 3.8) is 0 Å². The number of carbonyl (C=O) groups is 1. The van der Waals surface area contributed by atoms with Crippen molar-refractivity contribution in [1.29, 1.82) is 0 Å². The van der Waals surface area contributed by atoms with Crippen LogP contribution in [-0.2, 0) is 13.0 Å². The van der Waals surface area contributed by atoms with E-state index in [9.17, 15) is 9.59 Å². The Morgan fingerprint density at radius 3 is 2.54 bits per heavy atom. The molecule has 1 aromatic heterocycles. The minimum absolute atomic E-state index is 0.160. The fraction of sp³-hybridized carbons (Fsp3) is 0.273. The summed E-state index contributed by atoms with van der Waals surface area (Å²) < 4.78 is 12.4. The molecule has 6 nitrogen and oxygen atoms in total. The first-order valence-corrected chi connectivity index (χ1v) is 9.20. The third-order valence-electron chi connectivity index (χ3n) is 4.72. The Balaban J connectivity index is 1.75. The van der Waals surface area contributed by atoms with Crippen LogP contribution in [0.3, 0.4) is 0 Å². The van der Waals surface area contributed by atoms with Gasteiger partial charge in [-0.05, 0) is 43.2 Å². The Morgan fingerprint density at radius 2 is 1.82 bits per heavy atom. The molecule has 0 aliphatic rings. The van der Waals surface area contributed by atoms with Crippen LogP contribution in [0.4, 0.5) is 0 Å². The summed E-state index contributed by atoms with van der Waals surface area (Å²) in [4.78, 5) is 25.3. The maximum absolute atomic E-state index is 12.7. The fourth-order valence-corrected chi connectivity index (χ4v) is 3.22. The smallest absolute Gasteiger partial charge is 0.256 e. The number of hydrogen-bond donors (Lipinski definition) is 1. The highest BCUT2D eigenvalue weighted by molar-refractivity contribution is 5.97. The molecule has 0 saturated heterocycles. The zero-order valence-electron chi connectivity index (χ0n) is 16.3. The number of nitrogens with zero attached hydrogens (tertiary/aromatic N) is 1. The molecule has 146 valence electrons. The Morgan fingerprint density at radius 1 is 1.07 bits per heavy atom. The molecular weight excluding hydrogens is 356 g/mol. The topological polar surface area (TPSA) is 69.6 Å². The van der Waals surface area contributed by atoms with Crippen molar-refractivity contribution in [3.8, 4) is 11.5 Å². The zero-order valence-corrected chi connectivity index (χ0v) is 16.3. The number of methoxy groups -OCH3 is 2. The van der Waals surface area contributed by atoms with Gasteiger partial charge in [-0.25, -0.2) is 0 Å². The maximum atomic E-state index is 12.7. The van der Waals surface area contributed by atoms with E-state index >= 15 is 0 Å². The van der Waals surface area contributed by atoms with E-state index in [2.05, 4.69) is 5.32 Å². The lowest BCUT2D eigenvalue weighted by molar-refractivity contribution is 0.0952. The van der Waals surface area contributed by atoms with Gasteiger partial charge in [-0.1, -0.05) is 18.2 Å². The second-order valence-electron chi connectivity index (χ2n) is 6.37. The first kappa shape index (κ1) is 19.5. The third kappa shape index (κ3) is 3.86. The predicted molar refractivity (Wildman–Crippen MR) is 109 cm³/mol. The van der Waals surface area contributed by atoms with Gasteiger partial charge in [-0.2, -0.15) is 0 Å². The molecule has 6 heteroatoms. The summed E-state index contributed by atoms with van der Waals surface area (Å²) in [6.07, 6.45) is 2.25. The number of pyridine rings is 1. The van der Waals surface area contributed by atoms with Crippen LogP contribution in [0, 0.1) is 0 Å². The molecule has 0 radical (unpaired) electrons. The lowest BCUT2D eigenvalue weighted by Crippen LogP contribution is -2.31. The molecule has 0 bridgehead atoms. The summed E-state index contributed by atoms with van der Waals surface area (Å²) in [6, 6.07) is 13.0. The molecule has 2 aromatic carbocycles. The van der Waals surface area contributed by atoms with Crippen LogP contribution in [0.5, 0.6) is 11.5 Å². The molecular formula is C22H24N2O4. The van der Waals surface area contributed by atoms with Crippen LogP contribution in [-0.4, -0.2) is 31.2 Å². The van der Waals surface area contributed by atoms with E-state index in [0.29, 0.717) is 36.4 Å². The number of nitrogens with one attached hydrogen (secondary N) is 1. The maximum Gasteiger partial charge on any atom is 0.256 e. The minimum Gasteiger partial charge on any atom is -0.493 e. The minimum atomic E-state index is -0.363. The van der Waals surface area contributed by atoms with Gasteiger partial charge in [-0.3, -0.25) is 9.59 Å². The summed E-state index contributed by atoms with van der Waals surface area (Å²) in [6.45, 7) is 3.06. The number of aryl methyl sites for hydroxylation is 1. The largest absolute Gasteiger partial charge is 0.493 e. The van der Waals surface area contributed by atoms with E-state index in [1.54, 1.807) is 26.5 Å². The lowest BCUT2D eigenvalue weighted by atomic mass is 10.1. The summed E-state index contributed by atoms with van der Waals surface area (Å²) in [7, 11) is 3.17. The number of hydrogen-bond acceptors (Lipinski definition) is 4. The van der Waals surface area contributed by atoms with Crippen molar-refractivity contribution < 1.29 is 14.3 Å². The van der Waals surface area contributed by atoms with Gasteiger partial charge in [0.05, 0.1) is 19.7 Å². The van der Waals surface area contributed by atoms with Gasteiger partial charge in [0.1, 0.15) is 5.56 Å². The van der Waals surface area contributed by atoms with Crippen molar-refractivity contribution in [2.45, 2.75) is 19.9 Å². The van der Waals surface area contributed by atoms with Crippen LogP contribution in [0.2, 0.25) is 0 Å². The van der Waals surface area contributed by atoms with Gasteiger partial charge < -0.3 is 19.4 Å². The summed E-state index contributed by atoms with van der Waals surface area (Å²) in [5.74, 6) is 0.941. The highest BCUT2D eigenvalue weighted by Crippen LogP contribution is 2.27. The van der Waals surface area contributed by atoms with E-state index < -0.39 is 0 Å². The molecule has 1 N–H and O–H groups in total. The van der Waals surface area contributed by atoms with E-state index in [4.69, 9.17) is 9.47 Å². The highest BCUT2D eigenvalue weighted by atomic mass is 16.5. The molecule has 0 spiro atoms. The standard InChI is InChI=1S/C22H24N2O4/c1-4-24-14-17(21(25)16-7-5-6-8-18(16)24)22(26)23-12-11-15-9-10-19(27-2)20(13-15)28-3/h5-10,13-14H,4,11-12H2,1-3H3,(H,23,26). The van der Waals surface area contributed by atoms with Gasteiger partial charge >= 0.3 is 0 Å². The number of rotatable bonds is 7. The molecule has 0 fully saturated rings. The second kappa shape index (κ2) is 8.61. The number of fused-ring (bicyclic) bond motifs is 1. The van der Waals surface area contributed by atoms with E-state index in [0.717, 1.165) is 11.1 Å². The summed E-state index contributed by atoms with van der Waals surface area (Å²) in [5, 5.41) is 3.40. The van der Waals surface area contributed by atoms with Gasteiger partial charge in [0, 0.05) is 24.7 Å². The molecule has 0 unspecified atom stereocenters. The molecule has 1 amide bonds. The second-order valence-corrected chi connectivity index (χ2v) is 6.37. The molecule has 1 heterocycles. The lowest BCUT2D eigenvalue weighted by Gasteiger charge is -2.12. The Labute approximate surface area is 163 Å². The van der Waals surface area contributed by atoms with Gasteiger partial charge in [0.2, 0.25) is 5.43 Å². The van der Waals surface area contributed by atoms with Crippen molar-refractivity contribution in [2.24, 2.45) is 0 Å². The number of benzene rings is 2. The Hall–Kier alpha value is -3.28. The number of carbonyl (C=O) groups excluding carboxylic acids is 1. The van der Waals surface area contributed by atoms with Crippen LogP contribution in [0.15, 0.2) is 53.5 Å². The molecule has 0 atom stereocenters. The van der Waals surface area contributed by atoms with E-state index in [1.165, 1.54) is 0 Å². The van der Waals surface area contributed by atoms with Crippen molar-refractivity contribution in [2.75, 3.05) is 20.8 Å². The number of amides is 1. The average Bonchev–Trinajstić information content (AvgIpc) is 2.74. The summed E-state index contributed by atoms with van der Waals surface area (Å²) >= 11 is 0. The average molecular weight is 380 g/mol. The quantitative estimate of drug-likeness (QED) is 0.684. The number of aromatic nitrogens is 1. The monoisotopic (exact) mass is 380 g/mol. The Kier molecular flexibility index (Phi) is 5.99. The van der Waals surface area contributed by atoms with Crippen LogP contribution >= 0.6 is 0 Å². The first-order valence-electron chi connectivity index (χ1n) is 9.20. The van der Waals surface area contributed by atoms with Crippen molar-refractivity contribution in [1.82, 2.24) is 9.88 Å². The summed E-state index contributed by atoms with van der Waals surface area (Å²) in [5.41, 5.74) is 1.75. The highest BCUT2D eigenvalue weighted by Gasteiger charge is 2.14. The normalized spacial score (nSPS) is 10.7. The number of para-hydroxylation sites is 1. The van der Waals surface area contributed by atoms with Crippen LogP contribution < -0.4 is 20.2 Å². The van der Waals surface area contributed by atoms with E-state index in [1.807, 2.05) is 47.9 Å². The van der Waals surface area contributed by atoms with Gasteiger partial charge in [0.25, 0.3) is 5.91 Å². The number of ether oxygens (including phenoxy) is 2. The Bertz CT molecular complexity index is 1060. The van der Waals surface area contributed by atoms with Crippen molar-refractivity contribution in [3.05, 3.63) is 70.0 Å². The molecule has 0 aliphatic carbocycles. The third-order valence-corrected chi connectivity index (χ3v) is 4.72. The van der Waals surface area contributed by atoms with Gasteiger partial charge in [-0.15, -0.1) is 0 Å².